The maximum atomic E-state index is 12.5. The molecule has 0 unspecified atom stereocenters. The van der Waals surface area contributed by atoms with Gasteiger partial charge < -0.3 is 20.1 Å². The van der Waals surface area contributed by atoms with Crippen LogP contribution in [0.2, 0.25) is 0 Å². The van der Waals surface area contributed by atoms with Crippen molar-refractivity contribution in [1.29, 1.82) is 0 Å². The van der Waals surface area contributed by atoms with Crippen molar-refractivity contribution in [3.63, 3.8) is 0 Å². The van der Waals surface area contributed by atoms with Crippen molar-refractivity contribution in [3.8, 4) is 5.75 Å². The van der Waals surface area contributed by atoms with E-state index in [0.29, 0.717) is 12.1 Å². The number of hydrogen-bond acceptors (Lipinski definition) is 7. The van der Waals surface area contributed by atoms with Crippen molar-refractivity contribution >= 4 is 34.8 Å². The number of benzene rings is 3. The summed E-state index contributed by atoms with van der Waals surface area (Å²) in [5, 5.41) is 15.9. The number of nitro groups is 1. The van der Waals surface area contributed by atoms with Gasteiger partial charge in [-0.25, -0.2) is 4.79 Å². The lowest BCUT2D eigenvalue weighted by Crippen LogP contribution is -2.22. The van der Waals surface area contributed by atoms with Gasteiger partial charge in [0.1, 0.15) is 5.75 Å². The van der Waals surface area contributed by atoms with Gasteiger partial charge in [0.2, 0.25) is 5.91 Å². The zero-order valence-electron chi connectivity index (χ0n) is 18.9. The average molecular weight is 477 g/mol. The van der Waals surface area contributed by atoms with Gasteiger partial charge in [-0.3, -0.25) is 19.7 Å². The summed E-state index contributed by atoms with van der Waals surface area (Å²) in [6, 6.07) is 18.9. The highest BCUT2D eigenvalue weighted by Gasteiger charge is 2.16. The Morgan fingerprint density at radius 3 is 2.23 bits per heavy atom. The summed E-state index contributed by atoms with van der Waals surface area (Å²) in [5.74, 6) is -0.952. The van der Waals surface area contributed by atoms with E-state index in [1.807, 2.05) is 24.3 Å². The minimum Gasteiger partial charge on any atom is -0.497 e. The van der Waals surface area contributed by atoms with Crippen molar-refractivity contribution in [1.82, 2.24) is 0 Å². The van der Waals surface area contributed by atoms with Crippen LogP contribution >= 0.6 is 0 Å². The fraction of sp³-hybridized carbons (Fsp3) is 0.160. The van der Waals surface area contributed by atoms with E-state index in [2.05, 4.69) is 10.6 Å². The molecule has 0 heterocycles. The number of anilines is 2. The molecule has 0 bridgehead atoms. The fourth-order valence-corrected chi connectivity index (χ4v) is 3.11. The minimum absolute atomic E-state index is 0.105. The molecule has 0 aliphatic heterocycles. The first-order valence-corrected chi connectivity index (χ1v) is 10.6. The second kappa shape index (κ2) is 11.9. The largest absolute Gasteiger partial charge is 0.497 e. The summed E-state index contributed by atoms with van der Waals surface area (Å²) in [5.41, 5.74) is 1.55. The maximum absolute atomic E-state index is 12.5. The summed E-state index contributed by atoms with van der Waals surface area (Å²) in [4.78, 5) is 47.2. The second-order valence-electron chi connectivity index (χ2n) is 7.37. The van der Waals surface area contributed by atoms with Gasteiger partial charge in [0.05, 0.1) is 23.3 Å². The number of nitro benzene ring substituents is 1. The van der Waals surface area contributed by atoms with Crippen LogP contribution in [0.4, 0.5) is 17.1 Å². The lowest BCUT2D eigenvalue weighted by Gasteiger charge is -2.11. The van der Waals surface area contributed by atoms with E-state index in [1.165, 1.54) is 30.3 Å². The van der Waals surface area contributed by atoms with E-state index in [-0.39, 0.29) is 29.3 Å². The Labute approximate surface area is 201 Å². The molecule has 0 aliphatic rings. The fourth-order valence-electron chi connectivity index (χ4n) is 3.11. The van der Waals surface area contributed by atoms with Gasteiger partial charge in [-0.2, -0.15) is 0 Å². The third kappa shape index (κ3) is 7.39. The molecule has 0 aromatic heterocycles. The molecular weight excluding hydrogens is 454 g/mol. The molecule has 0 saturated heterocycles. The van der Waals surface area contributed by atoms with Gasteiger partial charge in [0.25, 0.3) is 11.6 Å². The predicted molar refractivity (Wildman–Crippen MR) is 128 cm³/mol. The van der Waals surface area contributed by atoms with E-state index in [9.17, 15) is 24.5 Å². The molecule has 3 aromatic carbocycles. The van der Waals surface area contributed by atoms with Crippen molar-refractivity contribution < 1.29 is 28.8 Å². The number of carbonyl (C=O) groups excluding carboxylic acids is 3. The van der Waals surface area contributed by atoms with Gasteiger partial charge in [-0.05, 0) is 48.4 Å². The maximum Gasteiger partial charge on any atom is 0.340 e. The van der Waals surface area contributed by atoms with E-state index in [4.69, 9.17) is 9.47 Å². The monoisotopic (exact) mass is 477 g/mol. The first kappa shape index (κ1) is 24.9. The van der Waals surface area contributed by atoms with Crippen LogP contribution in [-0.4, -0.2) is 36.4 Å². The highest BCUT2D eigenvalue weighted by atomic mass is 16.6. The summed E-state index contributed by atoms with van der Waals surface area (Å²) in [6.07, 6.45) is 0.707. The zero-order chi connectivity index (χ0) is 25.2. The lowest BCUT2D eigenvalue weighted by molar-refractivity contribution is -0.384. The molecule has 0 aliphatic carbocycles. The number of carbonyl (C=O) groups is 3. The van der Waals surface area contributed by atoms with Crippen LogP contribution in [-0.2, 0) is 20.7 Å². The normalized spacial score (nSPS) is 10.2. The SMILES string of the molecule is COc1ccc(CCC(=O)Nc2ccccc2C(=O)OCC(=O)Nc2ccc([N+](=O)[O-])cc2)cc1. The molecule has 3 aromatic rings. The average Bonchev–Trinajstić information content (AvgIpc) is 2.87. The molecule has 0 radical (unpaired) electrons. The number of nitrogens with one attached hydrogen (secondary N) is 2. The Hall–Kier alpha value is -4.73. The molecule has 10 nitrogen and oxygen atoms in total. The molecule has 180 valence electrons. The van der Waals surface area contributed by atoms with Gasteiger partial charge >= 0.3 is 5.97 Å². The lowest BCUT2D eigenvalue weighted by atomic mass is 10.1. The number of amides is 2. The molecule has 0 saturated carbocycles. The summed E-state index contributed by atoms with van der Waals surface area (Å²) >= 11 is 0. The van der Waals surface area contributed by atoms with E-state index >= 15 is 0 Å². The van der Waals surface area contributed by atoms with E-state index < -0.39 is 23.4 Å². The van der Waals surface area contributed by atoms with Crippen LogP contribution in [0.15, 0.2) is 72.8 Å². The van der Waals surface area contributed by atoms with E-state index in [1.54, 1.807) is 25.3 Å². The Morgan fingerprint density at radius 2 is 1.57 bits per heavy atom. The van der Waals surface area contributed by atoms with Crippen LogP contribution in [0.5, 0.6) is 5.75 Å². The molecular formula is C25H23N3O7. The van der Waals surface area contributed by atoms with Crippen LogP contribution in [0, 0.1) is 10.1 Å². The Kier molecular flexibility index (Phi) is 8.49. The van der Waals surface area contributed by atoms with E-state index in [0.717, 1.165) is 11.3 Å². The van der Waals surface area contributed by atoms with Crippen LogP contribution in [0.3, 0.4) is 0 Å². The third-order valence-electron chi connectivity index (χ3n) is 4.92. The standard InChI is InChI=1S/C25H23N3O7/c1-34-20-13-6-17(7-14-20)8-15-23(29)27-22-5-3-2-4-21(22)25(31)35-16-24(30)26-18-9-11-19(12-10-18)28(32)33/h2-7,9-14H,8,15-16H2,1H3,(H,26,30)(H,27,29). The number of methoxy groups -OCH3 is 1. The summed E-state index contributed by atoms with van der Waals surface area (Å²) < 4.78 is 10.2. The van der Waals surface area contributed by atoms with Gasteiger partial charge in [0, 0.05) is 24.2 Å². The molecule has 2 N–H and O–H groups in total. The number of hydrogen-bond donors (Lipinski definition) is 2. The highest BCUT2D eigenvalue weighted by Crippen LogP contribution is 2.18. The van der Waals surface area contributed by atoms with Crippen LogP contribution < -0.4 is 15.4 Å². The number of nitrogens with zero attached hydrogens (tertiary/aromatic N) is 1. The first-order chi connectivity index (χ1) is 16.9. The van der Waals surface area contributed by atoms with Crippen molar-refractivity contribution in [2.24, 2.45) is 0 Å². The number of esters is 1. The number of para-hydroxylation sites is 1. The first-order valence-electron chi connectivity index (χ1n) is 10.6. The summed E-state index contributed by atoms with van der Waals surface area (Å²) in [6.45, 7) is -0.574. The molecule has 3 rings (SSSR count). The molecule has 10 heteroatoms. The molecule has 35 heavy (non-hydrogen) atoms. The number of non-ortho nitro benzene ring substituents is 1. The van der Waals surface area contributed by atoms with Gasteiger partial charge in [0.15, 0.2) is 6.61 Å². The Bertz CT molecular complexity index is 1210. The van der Waals surface area contributed by atoms with Crippen LogP contribution in [0.25, 0.3) is 0 Å². The van der Waals surface area contributed by atoms with Crippen LogP contribution in [0.1, 0.15) is 22.3 Å². The second-order valence-corrected chi connectivity index (χ2v) is 7.37. The van der Waals surface area contributed by atoms with Crippen molar-refractivity contribution in [2.75, 3.05) is 24.4 Å². The molecule has 0 fully saturated rings. The predicted octanol–water partition coefficient (Wildman–Crippen LogP) is 3.97. The quantitative estimate of drug-likeness (QED) is 0.256. The highest BCUT2D eigenvalue weighted by molar-refractivity contribution is 6.02. The zero-order valence-corrected chi connectivity index (χ0v) is 18.9. The minimum atomic E-state index is -0.782. The Morgan fingerprint density at radius 1 is 0.886 bits per heavy atom. The smallest absolute Gasteiger partial charge is 0.340 e. The van der Waals surface area contributed by atoms with Crippen molar-refractivity contribution in [2.45, 2.75) is 12.8 Å². The van der Waals surface area contributed by atoms with Gasteiger partial charge in [-0.15, -0.1) is 0 Å². The molecule has 0 spiro atoms. The van der Waals surface area contributed by atoms with Gasteiger partial charge in [-0.1, -0.05) is 24.3 Å². The molecule has 2 amide bonds. The van der Waals surface area contributed by atoms with Crippen molar-refractivity contribution in [3.05, 3.63) is 94.0 Å². The molecule has 0 atom stereocenters. The summed E-state index contributed by atoms with van der Waals surface area (Å²) in [7, 11) is 1.58. The Balaban J connectivity index is 1.52. The number of ether oxygens (including phenoxy) is 2. The number of rotatable bonds is 10. The number of aryl methyl sites for hydroxylation is 1. The third-order valence-corrected chi connectivity index (χ3v) is 4.92. The topological polar surface area (TPSA) is 137 Å².